The minimum Gasteiger partial charge on any atom is -0.416 e. The molecule has 0 fully saturated rings. The van der Waals surface area contributed by atoms with Gasteiger partial charge in [0.25, 0.3) is 5.22 Å². The Morgan fingerprint density at radius 2 is 2.29 bits per heavy atom. The molecule has 1 aromatic heterocycles. The van der Waals surface area contributed by atoms with E-state index in [-0.39, 0.29) is 11.9 Å². The Hall–Kier alpha value is -1.40. The first-order valence-electron chi connectivity index (χ1n) is 5.09. The van der Waals surface area contributed by atoms with Crippen LogP contribution in [0.5, 0.6) is 0 Å². The zero-order valence-electron chi connectivity index (χ0n) is 9.26. The van der Waals surface area contributed by atoms with Gasteiger partial charge in [0.2, 0.25) is 5.89 Å². The molecule has 2 N–H and O–H groups in total. The Morgan fingerprint density at radius 3 is 2.94 bits per heavy atom. The Bertz CT molecular complexity index is 503. The lowest BCUT2D eigenvalue weighted by atomic mass is 10.1. The second-order valence-corrected chi connectivity index (χ2v) is 4.53. The standard InChI is InChI=1S/C11H12FN3OS/c1-7-14-15-11(16-7)17-6-10(13)8-3-2-4-9(12)5-8/h2-5,10H,6,13H2,1H3. The highest BCUT2D eigenvalue weighted by molar-refractivity contribution is 7.99. The number of hydrogen-bond donors (Lipinski definition) is 1. The van der Waals surface area contributed by atoms with E-state index in [4.69, 9.17) is 10.2 Å². The van der Waals surface area contributed by atoms with Crippen LogP contribution in [-0.2, 0) is 0 Å². The van der Waals surface area contributed by atoms with E-state index >= 15 is 0 Å². The van der Waals surface area contributed by atoms with Crippen molar-refractivity contribution in [2.45, 2.75) is 18.2 Å². The van der Waals surface area contributed by atoms with Crippen LogP contribution in [0, 0.1) is 12.7 Å². The number of halogens is 1. The van der Waals surface area contributed by atoms with Gasteiger partial charge in [0, 0.05) is 18.7 Å². The lowest BCUT2D eigenvalue weighted by Gasteiger charge is -2.09. The minimum absolute atomic E-state index is 0.261. The fourth-order valence-corrected chi connectivity index (χ4v) is 2.12. The number of nitrogens with zero attached hydrogens (tertiary/aromatic N) is 2. The van der Waals surface area contributed by atoms with Crippen LogP contribution in [0.3, 0.4) is 0 Å². The van der Waals surface area contributed by atoms with E-state index in [0.717, 1.165) is 5.56 Å². The van der Waals surface area contributed by atoms with Crippen LogP contribution in [0.4, 0.5) is 4.39 Å². The first kappa shape index (κ1) is 12.1. The van der Waals surface area contributed by atoms with E-state index in [1.54, 1.807) is 19.1 Å². The molecule has 1 atom stereocenters. The van der Waals surface area contributed by atoms with Crippen molar-refractivity contribution >= 4 is 11.8 Å². The molecule has 0 saturated heterocycles. The molecular formula is C11H12FN3OS. The number of rotatable bonds is 4. The molecule has 0 amide bonds. The maximum Gasteiger partial charge on any atom is 0.276 e. The van der Waals surface area contributed by atoms with E-state index in [0.29, 0.717) is 16.9 Å². The molecule has 1 unspecified atom stereocenters. The predicted molar refractivity (Wildman–Crippen MR) is 63.1 cm³/mol. The maximum atomic E-state index is 13.0. The lowest BCUT2D eigenvalue weighted by Crippen LogP contribution is -2.13. The Balaban J connectivity index is 1.95. The molecule has 2 rings (SSSR count). The molecule has 6 heteroatoms. The summed E-state index contributed by atoms with van der Waals surface area (Å²) in [5, 5.41) is 8.04. The average molecular weight is 253 g/mol. The number of aromatic nitrogens is 2. The summed E-state index contributed by atoms with van der Waals surface area (Å²) in [5.41, 5.74) is 6.70. The maximum absolute atomic E-state index is 13.0. The van der Waals surface area contributed by atoms with Gasteiger partial charge in [0.15, 0.2) is 0 Å². The van der Waals surface area contributed by atoms with Gasteiger partial charge in [-0.3, -0.25) is 0 Å². The van der Waals surface area contributed by atoms with Crippen LogP contribution in [0.1, 0.15) is 17.5 Å². The van der Waals surface area contributed by atoms with Crippen LogP contribution in [0.25, 0.3) is 0 Å². The Kier molecular flexibility index (Phi) is 3.75. The molecule has 4 nitrogen and oxygen atoms in total. The number of hydrogen-bond acceptors (Lipinski definition) is 5. The molecule has 2 aromatic rings. The molecule has 0 aliphatic heterocycles. The second kappa shape index (κ2) is 5.29. The summed E-state index contributed by atoms with van der Waals surface area (Å²) in [5.74, 6) is 0.800. The van der Waals surface area contributed by atoms with Gasteiger partial charge < -0.3 is 10.2 Å². The number of thioether (sulfide) groups is 1. The van der Waals surface area contributed by atoms with Crippen LogP contribution < -0.4 is 5.73 Å². The van der Waals surface area contributed by atoms with Gasteiger partial charge in [0.05, 0.1) is 0 Å². The van der Waals surface area contributed by atoms with E-state index in [2.05, 4.69) is 10.2 Å². The minimum atomic E-state index is -0.281. The monoisotopic (exact) mass is 253 g/mol. The quantitative estimate of drug-likeness (QED) is 0.847. The average Bonchev–Trinajstić information content (AvgIpc) is 2.72. The molecule has 0 aliphatic carbocycles. The number of aryl methyl sites for hydroxylation is 1. The summed E-state index contributed by atoms with van der Waals surface area (Å²) in [6.07, 6.45) is 0. The zero-order chi connectivity index (χ0) is 12.3. The van der Waals surface area contributed by atoms with E-state index in [9.17, 15) is 4.39 Å². The zero-order valence-corrected chi connectivity index (χ0v) is 10.1. The summed E-state index contributed by atoms with van der Waals surface area (Å²) in [6, 6.07) is 6.01. The van der Waals surface area contributed by atoms with Crippen molar-refractivity contribution in [2.24, 2.45) is 5.73 Å². The van der Waals surface area contributed by atoms with Crippen molar-refractivity contribution in [1.29, 1.82) is 0 Å². The van der Waals surface area contributed by atoms with Gasteiger partial charge >= 0.3 is 0 Å². The highest BCUT2D eigenvalue weighted by Gasteiger charge is 2.10. The molecule has 0 spiro atoms. The molecule has 90 valence electrons. The van der Waals surface area contributed by atoms with Gasteiger partial charge in [-0.1, -0.05) is 23.9 Å². The van der Waals surface area contributed by atoms with Crippen LogP contribution in [0.15, 0.2) is 33.9 Å². The highest BCUT2D eigenvalue weighted by atomic mass is 32.2. The van der Waals surface area contributed by atoms with Crippen LogP contribution >= 0.6 is 11.8 Å². The molecule has 0 saturated carbocycles. The van der Waals surface area contributed by atoms with Gasteiger partial charge in [-0.25, -0.2) is 4.39 Å². The second-order valence-electron chi connectivity index (χ2n) is 3.56. The van der Waals surface area contributed by atoms with Gasteiger partial charge in [-0.05, 0) is 17.7 Å². The normalized spacial score (nSPS) is 12.6. The fourth-order valence-electron chi connectivity index (χ4n) is 1.33. The summed E-state index contributed by atoms with van der Waals surface area (Å²) in [6.45, 7) is 1.73. The molecule has 0 bridgehead atoms. The summed E-state index contributed by atoms with van der Waals surface area (Å²) >= 11 is 1.36. The molecule has 17 heavy (non-hydrogen) atoms. The number of benzene rings is 1. The van der Waals surface area contributed by atoms with Crippen LogP contribution in [0.2, 0.25) is 0 Å². The first-order valence-corrected chi connectivity index (χ1v) is 6.07. The number of nitrogens with two attached hydrogens (primary N) is 1. The van der Waals surface area contributed by atoms with Crippen molar-refractivity contribution in [3.63, 3.8) is 0 Å². The summed E-state index contributed by atoms with van der Waals surface area (Å²) in [7, 11) is 0. The summed E-state index contributed by atoms with van der Waals surface area (Å²) < 4.78 is 18.2. The third-order valence-corrected chi connectivity index (χ3v) is 3.11. The fraction of sp³-hybridized carbons (Fsp3) is 0.273. The third kappa shape index (κ3) is 3.28. The van der Waals surface area contributed by atoms with E-state index in [1.807, 2.05) is 0 Å². The van der Waals surface area contributed by atoms with Gasteiger partial charge in [-0.15, -0.1) is 10.2 Å². The van der Waals surface area contributed by atoms with E-state index in [1.165, 1.54) is 23.9 Å². The Labute approximate surface area is 102 Å². The molecule has 1 heterocycles. The third-order valence-electron chi connectivity index (χ3n) is 2.17. The van der Waals surface area contributed by atoms with Crippen molar-refractivity contribution in [1.82, 2.24) is 10.2 Å². The van der Waals surface area contributed by atoms with Crippen molar-refractivity contribution < 1.29 is 8.81 Å². The van der Waals surface area contributed by atoms with Crippen molar-refractivity contribution in [3.05, 3.63) is 41.5 Å². The van der Waals surface area contributed by atoms with Gasteiger partial charge in [-0.2, -0.15) is 0 Å². The van der Waals surface area contributed by atoms with Crippen LogP contribution in [-0.4, -0.2) is 16.0 Å². The van der Waals surface area contributed by atoms with E-state index < -0.39 is 0 Å². The topological polar surface area (TPSA) is 64.9 Å². The smallest absolute Gasteiger partial charge is 0.276 e. The van der Waals surface area contributed by atoms with Gasteiger partial charge in [0.1, 0.15) is 5.82 Å². The highest BCUT2D eigenvalue weighted by Crippen LogP contribution is 2.22. The lowest BCUT2D eigenvalue weighted by molar-refractivity contribution is 0.429. The Morgan fingerprint density at radius 1 is 1.47 bits per heavy atom. The SMILES string of the molecule is Cc1nnc(SCC(N)c2cccc(F)c2)o1. The van der Waals surface area contributed by atoms with Crippen molar-refractivity contribution in [2.75, 3.05) is 5.75 Å². The van der Waals surface area contributed by atoms with Crippen molar-refractivity contribution in [3.8, 4) is 0 Å². The first-order chi connectivity index (χ1) is 8.15. The predicted octanol–water partition coefficient (Wildman–Crippen LogP) is 2.31. The largest absolute Gasteiger partial charge is 0.416 e. The molecule has 0 radical (unpaired) electrons. The summed E-state index contributed by atoms with van der Waals surface area (Å²) in [4.78, 5) is 0. The molecule has 1 aromatic carbocycles. The molecule has 0 aliphatic rings. The molecular weight excluding hydrogens is 241 g/mol.